The Bertz CT molecular complexity index is 567. The lowest BCUT2D eigenvalue weighted by molar-refractivity contribution is 0.0527. The van der Waals surface area contributed by atoms with Crippen molar-refractivity contribution in [3.8, 4) is 17.1 Å². The smallest absolute Gasteiger partial charge is 0.338 e. The minimum absolute atomic E-state index is 0.289. The first-order valence-corrected chi connectivity index (χ1v) is 5.88. The summed E-state index contributed by atoms with van der Waals surface area (Å²) in [6.07, 6.45) is 3.23. The minimum Gasteiger partial charge on any atom is -0.467 e. The molecule has 5 heteroatoms. The molecule has 0 radical (unpaired) electrons. The highest BCUT2D eigenvalue weighted by Crippen LogP contribution is 2.23. The van der Waals surface area contributed by atoms with E-state index in [2.05, 4.69) is 9.97 Å². The first-order valence-electron chi connectivity index (χ1n) is 5.88. The van der Waals surface area contributed by atoms with E-state index >= 15 is 0 Å². The van der Waals surface area contributed by atoms with Crippen LogP contribution in [0.3, 0.4) is 0 Å². The molecule has 0 spiro atoms. The van der Waals surface area contributed by atoms with Gasteiger partial charge in [0.25, 0.3) is 0 Å². The number of rotatable bonds is 4. The first kappa shape index (κ1) is 13.0. The fraction of sp³-hybridized carbons (Fsp3) is 0.214. The van der Waals surface area contributed by atoms with Gasteiger partial charge in [-0.25, -0.2) is 14.8 Å². The van der Waals surface area contributed by atoms with Crippen molar-refractivity contribution < 1.29 is 14.3 Å². The quantitative estimate of drug-likeness (QED) is 0.788. The highest BCUT2D eigenvalue weighted by Gasteiger charge is 2.13. The van der Waals surface area contributed by atoms with E-state index in [-0.39, 0.29) is 12.0 Å². The summed E-state index contributed by atoms with van der Waals surface area (Å²) in [5, 5.41) is 0. The highest BCUT2D eigenvalue weighted by molar-refractivity contribution is 5.97. The summed E-state index contributed by atoms with van der Waals surface area (Å²) < 4.78 is 9.94. The minimum atomic E-state index is -0.353. The molecule has 0 N–H and O–H groups in total. The number of benzene rings is 1. The van der Waals surface area contributed by atoms with Crippen LogP contribution in [0.5, 0.6) is 6.01 Å². The van der Waals surface area contributed by atoms with E-state index in [1.807, 2.05) is 12.1 Å². The number of ether oxygens (including phenoxy) is 2. The zero-order chi connectivity index (χ0) is 13.7. The van der Waals surface area contributed by atoms with Gasteiger partial charge in [0, 0.05) is 18.0 Å². The topological polar surface area (TPSA) is 61.3 Å². The summed E-state index contributed by atoms with van der Waals surface area (Å²) in [6.45, 7) is 2.11. The number of hydrogen-bond acceptors (Lipinski definition) is 5. The van der Waals surface area contributed by atoms with Gasteiger partial charge < -0.3 is 9.47 Å². The number of aromatic nitrogens is 2. The fourth-order valence-electron chi connectivity index (χ4n) is 1.68. The molecule has 0 bridgehead atoms. The lowest BCUT2D eigenvalue weighted by atomic mass is 10.0. The van der Waals surface area contributed by atoms with Crippen molar-refractivity contribution in [3.63, 3.8) is 0 Å². The zero-order valence-electron chi connectivity index (χ0n) is 10.8. The SMILES string of the molecule is CCOC(=O)c1ccccc1-c1cnc(OC)nc1. The molecule has 0 atom stereocenters. The molecule has 0 aliphatic carbocycles. The summed E-state index contributed by atoms with van der Waals surface area (Å²) in [5.41, 5.74) is 1.98. The van der Waals surface area contributed by atoms with Crippen LogP contribution in [-0.2, 0) is 4.74 Å². The van der Waals surface area contributed by atoms with Crippen LogP contribution in [0, 0.1) is 0 Å². The Hall–Kier alpha value is -2.43. The van der Waals surface area contributed by atoms with Gasteiger partial charge in [0.2, 0.25) is 0 Å². The lowest BCUT2D eigenvalue weighted by Crippen LogP contribution is -2.06. The first-order chi connectivity index (χ1) is 9.26. The van der Waals surface area contributed by atoms with Crippen molar-refractivity contribution in [1.82, 2.24) is 9.97 Å². The lowest BCUT2D eigenvalue weighted by Gasteiger charge is -2.08. The van der Waals surface area contributed by atoms with Crippen LogP contribution in [0.1, 0.15) is 17.3 Å². The van der Waals surface area contributed by atoms with Gasteiger partial charge in [-0.2, -0.15) is 0 Å². The van der Waals surface area contributed by atoms with Crippen LogP contribution in [-0.4, -0.2) is 29.7 Å². The normalized spacial score (nSPS) is 10.0. The monoisotopic (exact) mass is 258 g/mol. The van der Waals surface area contributed by atoms with E-state index in [1.165, 1.54) is 7.11 Å². The van der Waals surface area contributed by atoms with Gasteiger partial charge in [-0.15, -0.1) is 0 Å². The second-order valence-electron chi connectivity index (χ2n) is 3.72. The molecule has 0 aliphatic heterocycles. The van der Waals surface area contributed by atoms with Crippen molar-refractivity contribution in [3.05, 3.63) is 42.2 Å². The summed E-state index contributed by atoms with van der Waals surface area (Å²) in [5.74, 6) is -0.353. The molecule has 0 unspecified atom stereocenters. The second-order valence-corrected chi connectivity index (χ2v) is 3.72. The molecule has 5 nitrogen and oxygen atoms in total. The molecule has 98 valence electrons. The van der Waals surface area contributed by atoms with Crippen molar-refractivity contribution in [2.75, 3.05) is 13.7 Å². The maximum Gasteiger partial charge on any atom is 0.338 e. The summed E-state index contributed by atoms with van der Waals surface area (Å²) in [7, 11) is 1.50. The van der Waals surface area contributed by atoms with Crippen molar-refractivity contribution in [1.29, 1.82) is 0 Å². The Morgan fingerprint density at radius 3 is 2.53 bits per heavy atom. The summed E-state index contributed by atoms with van der Waals surface area (Å²) in [4.78, 5) is 19.9. The summed E-state index contributed by atoms with van der Waals surface area (Å²) in [6, 6.07) is 7.48. The second kappa shape index (κ2) is 5.95. The fourth-order valence-corrected chi connectivity index (χ4v) is 1.68. The van der Waals surface area contributed by atoms with Crippen LogP contribution < -0.4 is 4.74 Å². The average molecular weight is 258 g/mol. The predicted octanol–water partition coefficient (Wildman–Crippen LogP) is 2.33. The molecule has 1 aromatic carbocycles. The number of carbonyl (C=O) groups excluding carboxylic acids is 1. The number of nitrogens with zero attached hydrogens (tertiary/aromatic N) is 2. The standard InChI is InChI=1S/C14H14N2O3/c1-3-19-13(17)12-7-5-4-6-11(12)10-8-15-14(18-2)16-9-10/h4-9H,3H2,1-2H3. The average Bonchev–Trinajstić information content (AvgIpc) is 2.47. The van der Waals surface area contributed by atoms with E-state index in [0.29, 0.717) is 12.2 Å². The number of carbonyl (C=O) groups is 1. The van der Waals surface area contributed by atoms with Gasteiger partial charge in [0.15, 0.2) is 0 Å². The molecule has 0 saturated carbocycles. The van der Waals surface area contributed by atoms with E-state index in [0.717, 1.165) is 11.1 Å². The van der Waals surface area contributed by atoms with Gasteiger partial charge in [0.1, 0.15) is 0 Å². The number of hydrogen-bond donors (Lipinski definition) is 0. The molecule has 2 rings (SSSR count). The highest BCUT2D eigenvalue weighted by atomic mass is 16.5. The molecule has 19 heavy (non-hydrogen) atoms. The third-order valence-electron chi connectivity index (χ3n) is 2.54. The van der Waals surface area contributed by atoms with Crippen LogP contribution >= 0.6 is 0 Å². The van der Waals surface area contributed by atoms with Crippen molar-refractivity contribution >= 4 is 5.97 Å². The van der Waals surface area contributed by atoms with Gasteiger partial charge in [0.05, 0.1) is 19.3 Å². The molecule has 0 aliphatic rings. The Labute approximate surface area is 111 Å². The van der Waals surface area contributed by atoms with Gasteiger partial charge in [-0.1, -0.05) is 18.2 Å². The van der Waals surface area contributed by atoms with Crippen molar-refractivity contribution in [2.24, 2.45) is 0 Å². The van der Waals surface area contributed by atoms with E-state index in [9.17, 15) is 4.79 Å². The molecule has 1 heterocycles. The van der Waals surface area contributed by atoms with Gasteiger partial charge in [-0.05, 0) is 18.6 Å². The van der Waals surface area contributed by atoms with Crippen LogP contribution in [0.2, 0.25) is 0 Å². The molecule has 0 amide bonds. The third kappa shape index (κ3) is 2.88. The van der Waals surface area contributed by atoms with Crippen LogP contribution in [0.15, 0.2) is 36.7 Å². The molecular formula is C14H14N2O3. The largest absolute Gasteiger partial charge is 0.467 e. The molecule has 0 fully saturated rings. The van der Waals surface area contributed by atoms with Gasteiger partial charge in [-0.3, -0.25) is 0 Å². The van der Waals surface area contributed by atoms with Gasteiger partial charge >= 0.3 is 12.0 Å². The van der Waals surface area contributed by atoms with E-state index in [4.69, 9.17) is 9.47 Å². The van der Waals surface area contributed by atoms with Crippen LogP contribution in [0.25, 0.3) is 11.1 Å². The Morgan fingerprint density at radius 2 is 1.89 bits per heavy atom. The zero-order valence-corrected chi connectivity index (χ0v) is 10.8. The molecule has 0 saturated heterocycles. The number of methoxy groups -OCH3 is 1. The Morgan fingerprint density at radius 1 is 1.21 bits per heavy atom. The van der Waals surface area contributed by atoms with E-state index < -0.39 is 0 Å². The molecular weight excluding hydrogens is 244 g/mol. The van der Waals surface area contributed by atoms with E-state index in [1.54, 1.807) is 31.5 Å². The maximum absolute atomic E-state index is 11.9. The summed E-state index contributed by atoms with van der Waals surface area (Å²) >= 11 is 0. The van der Waals surface area contributed by atoms with Crippen molar-refractivity contribution in [2.45, 2.75) is 6.92 Å². The van der Waals surface area contributed by atoms with Crippen LogP contribution in [0.4, 0.5) is 0 Å². The maximum atomic E-state index is 11.9. The Balaban J connectivity index is 2.40. The predicted molar refractivity (Wildman–Crippen MR) is 70.0 cm³/mol. The number of esters is 1. The third-order valence-corrected chi connectivity index (χ3v) is 2.54. The molecule has 1 aromatic heterocycles. The molecule has 2 aromatic rings. The Kier molecular flexibility index (Phi) is 4.07.